The Balaban J connectivity index is 1.09. The standard InChI is InChI=1S/C36H39N3O2/c1-27-11-15-29(16-12-27)35(19-20-38-21-23-39(24-22-38)34-9-5-6-10-36(34)40-2)41-31-17-13-28(14-18-31)25-30-26-37-33-8-4-3-7-32(30)33/h3-18,26,35,37H,19-25H2,1-2H3/t35-/m0/s1. The van der Waals surface area contributed by atoms with Gasteiger partial charge in [0.2, 0.25) is 0 Å². The van der Waals surface area contributed by atoms with Crippen LogP contribution in [0.1, 0.15) is 34.8 Å². The average molecular weight is 546 g/mol. The highest BCUT2D eigenvalue weighted by molar-refractivity contribution is 5.83. The molecule has 1 aliphatic rings. The van der Waals surface area contributed by atoms with Gasteiger partial charge in [0.15, 0.2) is 0 Å². The second-order valence-corrected chi connectivity index (χ2v) is 11.0. The minimum atomic E-state index is 0.00214. The van der Waals surface area contributed by atoms with Crippen LogP contribution in [0, 0.1) is 6.92 Å². The van der Waals surface area contributed by atoms with Gasteiger partial charge in [-0.2, -0.15) is 0 Å². The molecular formula is C36H39N3O2. The smallest absolute Gasteiger partial charge is 0.142 e. The zero-order valence-corrected chi connectivity index (χ0v) is 24.1. The molecule has 6 rings (SSSR count). The maximum atomic E-state index is 6.65. The SMILES string of the molecule is COc1ccccc1N1CCN(CC[C@H](Oc2ccc(Cc3c[nH]c4ccccc34)cc2)c2ccc(C)cc2)CC1. The molecule has 0 unspecified atom stereocenters. The summed E-state index contributed by atoms with van der Waals surface area (Å²) < 4.78 is 12.2. The Morgan fingerprint density at radius 1 is 0.805 bits per heavy atom. The number of hydrogen-bond acceptors (Lipinski definition) is 4. The van der Waals surface area contributed by atoms with Crippen molar-refractivity contribution in [1.29, 1.82) is 0 Å². The number of nitrogens with one attached hydrogen (secondary N) is 1. The average Bonchev–Trinajstić information content (AvgIpc) is 3.43. The largest absolute Gasteiger partial charge is 0.495 e. The van der Waals surface area contributed by atoms with E-state index in [0.717, 1.165) is 57.1 Å². The van der Waals surface area contributed by atoms with Gasteiger partial charge in [-0.25, -0.2) is 0 Å². The van der Waals surface area contributed by atoms with Gasteiger partial charge >= 0.3 is 0 Å². The van der Waals surface area contributed by atoms with Crippen LogP contribution in [0.25, 0.3) is 10.9 Å². The van der Waals surface area contributed by atoms with Gasteiger partial charge in [-0.3, -0.25) is 4.90 Å². The zero-order valence-electron chi connectivity index (χ0n) is 24.1. The molecular weight excluding hydrogens is 506 g/mol. The van der Waals surface area contributed by atoms with Gasteiger partial charge in [-0.1, -0.05) is 72.3 Å². The first-order valence-corrected chi connectivity index (χ1v) is 14.6. The van der Waals surface area contributed by atoms with Gasteiger partial charge in [-0.05, 0) is 60.4 Å². The van der Waals surface area contributed by atoms with Crippen molar-refractivity contribution in [2.45, 2.75) is 25.9 Å². The molecule has 0 bridgehead atoms. The quantitative estimate of drug-likeness (QED) is 0.198. The van der Waals surface area contributed by atoms with Crippen molar-refractivity contribution in [1.82, 2.24) is 9.88 Å². The Bertz CT molecular complexity index is 1550. The number of hydrogen-bond donors (Lipinski definition) is 1. The summed E-state index contributed by atoms with van der Waals surface area (Å²) in [6, 6.07) is 34.2. The van der Waals surface area contributed by atoms with Crippen molar-refractivity contribution in [3.63, 3.8) is 0 Å². The maximum Gasteiger partial charge on any atom is 0.142 e. The van der Waals surface area contributed by atoms with Crippen LogP contribution in [0.15, 0.2) is 103 Å². The summed E-state index contributed by atoms with van der Waals surface area (Å²) in [5, 5.41) is 1.29. The first-order chi connectivity index (χ1) is 20.2. The predicted molar refractivity (Wildman–Crippen MR) is 168 cm³/mol. The number of aromatic nitrogens is 1. The third-order valence-corrected chi connectivity index (χ3v) is 8.23. The van der Waals surface area contributed by atoms with Crippen LogP contribution < -0.4 is 14.4 Å². The minimum absolute atomic E-state index is 0.00214. The maximum absolute atomic E-state index is 6.65. The van der Waals surface area contributed by atoms with E-state index in [9.17, 15) is 0 Å². The molecule has 1 atom stereocenters. The third-order valence-electron chi connectivity index (χ3n) is 8.23. The Labute approximate surface area is 243 Å². The Hall–Kier alpha value is -4.22. The van der Waals surface area contributed by atoms with E-state index in [1.807, 2.05) is 12.1 Å². The van der Waals surface area contributed by atoms with Crippen molar-refractivity contribution in [2.75, 3.05) is 44.7 Å². The molecule has 1 N–H and O–H groups in total. The highest BCUT2D eigenvalue weighted by Crippen LogP contribution is 2.30. The predicted octanol–water partition coefficient (Wildman–Crippen LogP) is 7.41. The highest BCUT2D eigenvalue weighted by atomic mass is 16.5. The first kappa shape index (κ1) is 27.0. The lowest BCUT2D eigenvalue weighted by molar-refractivity contribution is 0.160. The summed E-state index contributed by atoms with van der Waals surface area (Å²) in [7, 11) is 1.75. The van der Waals surface area contributed by atoms with Gasteiger partial charge in [0, 0.05) is 56.2 Å². The summed E-state index contributed by atoms with van der Waals surface area (Å²) in [5.74, 6) is 1.86. The van der Waals surface area contributed by atoms with E-state index in [-0.39, 0.29) is 6.10 Å². The second-order valence-electron chi connectivity index (χ2n) is 11.0. The number of para-hydroxylation sites is 3. The van der Waals surface area contributed by atoms with Crippen molar-refractivity contribution in [2.24, 2.45) is 0 Å². The van der Waals surface area contributed by atoms with Crippen LogP contribution in [0.3, 0.4) is 0 Å². The normalized spacial score (nSPS) is 14.7. The second kappa shape index (κ2) is 12.5. The third kappa shape index (κ3) is 6.41. The molecule has 1 aromatic heterocycles. The number of ether oxygens (including phenoxy) is 2. The minimum Gasteiger partial charge on any atom is -0.495 e. The van der Waals surface area contributed by atoms with Gasteiger partial charge in [0.25, 0.3) is 0 Å². The lowest BCUT2D eigenvalue weighted by Gasteiger charge is -2.37. The molecule has 0 saturated carbocycles. The van der Waals surface area contributed by atoms with Crippen LogP contribution in [-0.2, 0) is 6.42 Å². The van der Waals surface area contributed by atoms with Crippen molar-refractivity contribution in [3.8, 4) is 11.5 Å². The van der Waals surface area contributed by atoms with Gasteiger partial charge in [0.05, 0.1) is 12.8 Å². The van der Waals surface area contributed by atoms with E-state index in [0.29, 0.717) is 0 Å². The topological polar surface area (TPSA) is 40.7 Å². The number of H-pyrrole nitrogens is 1. The summed E-state index contributed by atoms with van der Waals surface area (Å²) in [6.07, 6.45) is 3.96. The van der Waals surface area contributed by atoms with Crippen LogP contribution in [0.4, 0.5) is 5.69 Å². The summed E-state index contributed by atoms with van der Waals surface area (Å²) >= 11 is 0. The number of nitrogens with zero attached hydrogens (tertiary/aromatic N) is 2. The van der Waals surface area contributed by atoms with Crippen LogP contribution in [-0.4, -0.2) is 49.7 Å². The van der Waals surface area contributed by atoms with E-state index < -0.39 is 0 Å². The van der Waals surface area contributed by atoms with Crippen LogP contribution in [0.2, 0.25) is 0 Å². The summed E-state index contributed by atoms with van der Waals surface area (Å²) in [4.78, 5) is 8.38. The fourth-order valence-corrected chi connectivity index (χ4v) is 5.83. The molecule has 0 radical (unpaired) electrons. The Kier molecular flexibility index (Phi) is 8.24. The molecule has 0 aliphatic carbocycles. The van der Waals surface area contributed by atoms with E-state index in [4.69, 9.17) is 9.47 Å². The number of anilines is 1. The lowest BCUT2D eigenvalue weighted by atomic mass is 10.0. The fourth-order valence-electron chi connectivity index (χ4n) is 5.83. The van der Waals surface area contributed by atoms with Crippen LogP contribution >= 0.6 is 0 Å². The van der Waals surface area contributed by atoms with Crippen molar-refractivity contribution in [3.05, 3.63) is 126 Å². The number of methoxy groups -OCH3 is 1. The monoisotopic (exact) mass is 545 g/mol. The molecule has 1 saturated heterocycles. The van der Waals surface area contributed by atoms with Crippen molar-refractivity contribution < 1.29 is 9.47 Å². The Morgan fingerprint density at radius 3 is 2.32 bits per heavy atom. The van der Waals surface area contributed by atoms with Crippen LogP contribution in [0.5, 0.6) is 11.5 Å². The molecule has 0 spiro atoms. The van der Waals surface area contributed by atoms with E-state index in [1.54, 1.807) is 7.11 Å². The zero-order chi connectivity index (χ0) is 28.0. The molecule has 4 aromatic carbocycles. The molecule has 5 heteroatoms. The van der Waals surface area contributed by atoms with Gasteiger partial charge in [0.1, 0.15) is 17.6 Å². The first-order valence-electron chi connectivity index (χ1n) is 14.6. The van der Waals surface area contributed by atoms with E-state index >= 15 is 0 Å². The fraction of sp³-hybridized carbons (Fsp3) is 0.278. The molecule has 41 heavy (non-hydrogen) atoms. The van der Waals surface area contributed by atoms with Crippen molar-refractivity contribution >= 4 is 16.6 Å². The molecule has 2 heterocycles. The number of benzene rings is 4. The molecule has 5 nitrogen and oxygen atoms in total. The van der Waals surface area contributed by atoms with E-state index in [1.165, 1.54) is 38.8 Å². The van der Waals surface area contributed by atoms with E-state index in [2.05, 4.69) is 113 Å². The number of rotatable bonds is 10. The molecule has 0 amide bonds. The number of aryl methyl sites for hydroxylation is 1. The number of aromatic amines is 1. The number of piperazine rings is 1. The molecule has 210 valence electrons. The molecule has 5 aromatic rings. The molecule has 1 fully saturated rings. The lowest BCUT2D eigenvalue weighted by Crippen LogP contribution is -2.47. The van der Waals surface area contributed by atoms with Gasteiger partial charge < -0.3 is 19.4 Å². The summed E-state index contributed by atoms with van der Waals surface area (Å²) in [5.41, 5.74) is 7.46. The summed E-state index contributed by atoms with van der Waals surface area (Å²) in [6.45, 7) is 7.18. The number of fused-ring (bicyclic) bond motifs is 1. The molecule has 1 aliphatic heterocycles. The Morgan fingerprint density at radius 2 is 1.54 bits per heavy atom. The van der Waals surface area contributed by atoms with Gasteiger partial charge in [-0.15, -0.1) is 0 Å². The highest BCUT2D eigenvalue weighted by Gasteiger charge is 2.22.